The van der Waals surface area contributed by atoms with Crippen LogP contribution in [0.15, 0.2) is 18.2 Å². The van der Waals surface area contributed by atoms with E-state index in [2.05, 4.69) is 17.2 Å². The second kappa shape index (κ2) is 8.11. The molecule has 2 N–H and O–H groups in total. The lowest BCUT2D eigenvalue weighted by atomic mass is 10.0. The van der Waals surface area contributed by atoms with Gasteiger partial charge in [-0.2, -0.15) is 11.8 Å². The molecule has 0 bridgehead atoms. The van der Waals surface area contributed by atoms with Crippen molar-refractivity contribution < 1.29 is 9.90 Å². The summed E-state index contributed by atoms with van der Waals surface area (Å²) in [5, 5.41) is 11.9. The predicted octanol–water partition coefficient (Wildman–Crippen LogP) is 2.21. The van der Waals surface area contributed by atoms with Crippen LogP contribution in [0.1, 0.15) is 34.3 Å². The summed E-state index contributed by atoms with van der Waals surface area (Å²) in [6, 6.07) is 5.61. The molecule has 1 saturated heterocycles. The Labute approximate surface area is 130 Å². The average Bonchev–Trinajstić information content (AvgIpc) is 2.51. The largest absolute Gasteiger partial charge is 0.384 e. The molecule has 0 atom stereocenters. The Morgan fingerprint density at radius 1 is 1.43 bits per heavy atom. The molecule has 0 saturated carbocycles. The van der Waals surface area contributed by atoms with Crippen LogP contribution in [-0.4, -0.2) is 35.7 Å². The molecule has 0 radical (unpaired) electrons. The molecule has 21 heavy (non-hydrogen) atoms. The molecule has 2 rings (SSSR count). The SMILES string of the molecule is Cc1ccc(C(=O)NCC2CCSCC2)c(C#CCO)c1. The molecule has 1 aliphatic heterocycles. The lowest BCUT2D eigenvalue weighted by Gasteiger charge is -2.21. The summed E-state index contributed by atoms with van der Waals surface area (Å²) in [5.74, 6) is 8.38. The van der Waals surface area contributed by atoms with Crippen LogP contribution in [0.25, 0.3) is 0 Å². The summed E-state index contributed by atoms with van der Waals surface area (Å²) in [6.07, 6.45) is 2.35. The van der Waals surface area contributed by atoms with E-state index in [-0.39, 0.29) is 12.5 Å². The molecular weight excluding hydrogens is 282 g/mol. The third-order valence-electron chi connectivity index (χ3n) is 3.61. The van der Waals surface area contributed by atoms with Gasteiger partial charge in [-0.05, 0) is 54.9 Å². The van der Waals surface area contributed by atoms with Crippen molar-refractivity contribution in [1.82, 2.24) is 5.32 Å². The van der Waals surface area contributed by atoms with Crippen molar-refractivity contribution in [3.63, 3.8) is 0 Å². The van der Waals surface area contributed by atoms with Crippen molar-refractivity contribution in [3.05, 3.63) is 34.9 Å². The predicted molar refractivity (Wildman–Crippen MR) is 87.5 cm³/mol. The van der Waals surface area contributed by atoms with Crippen LogP contribution in [-0.2, 0) is 0 Å². The number of aliphatic hydroxyl groups excluding tert-OH is 1. The zero-order chi connectivity index (χ0) is 15.1. The number of aryl methyl sites for hydroxylation is 1. The molecule has 1 aromatic carbocycles. The maximum Gasteiger partial charge on any atom is 0.252 e. The number of hydrogen-bond donors (Lipinski definition) is 2. The number of thioether (sulfide) groups is 1. The van der Waals surface area contributed by atoms with Gasteiger partial charge in [0.2, 0.25) is 0 Å². The molecule has 112 valence electrons. The fourth-order valence-corrected chi connectivity index (χ4v) is 3.58. The summed E-state index contributed by atoms with van der Waals surface area (Å²) >= 11 is 1.99. The van der Waals surface area contributed by atoms with Gasteiger partial charge in [0.1, 0.15) is 6.61 Å². The van der Waals surface area contributed by atoms with Crippen LogP contribution >= 0.6 is 11.8 Å². The van der Waals surface area contributed by atoms with E-state index < -0.39 is 0 Å². The number of rotatable bonds is 3. The molecule has 0 spiro atoms. The Bertz CT molecular complexity index is 554. The molecule has 0 unspecified atom stereocenters. The summed E-state index contributed by atoms with van der Waals surface area (Å²) in [7, 11) is 0. The third kappa shape index (κ3) is 4.80. The highest BCUT2D eigenvalue weighted by Crippen LogP contribution is 2.22. The van der Waals surface area contributed by atoms with Gasteiger partial charge < -0.3 is 10.4 Å². The fraction of sp³-hybridized carbons (Fsp3) is 0.471. The number of aliphatic hydroxyl groups is 1. The quantitative estimate of drug-likeness (QED) is 0.842. The Morgan fingerprint density at radius 3 is 2.90 bits per heavy atom. The van der Waals surface area contributed by atoms with E-state index in [1.807, 2.05) is 36.9 Å². The van der Waals surface area contributed by atoms with Gasteiger partial charge in [0.15, 0.2) is 0 Å². The summed E-state index contributed by atoms with van der Waals surface area (Å²) < 4.78 is 0. The molecule has 0 aliphatic carbocycles. The van der Waals surface area contributed by atoms with Crippen molar-refractivity contribution in [2.75, 3.05) is 24.7 Å². The second-order valence-corrected chi connectivity index (χ2v) is 6.50. The normalized spacial score (nSPS) is 15.1. The highest BCUT2D eigenvalue weighted by Gasteiger charge is 2.16. The number of benzene rings is 1. The van der Waals surface area contributed by atoms with Gasteiger partial charge >= 0.3 is 0 Å². The lowest BCUT2D eigenvalue weighted by molar-refractivity contribution is 0.0946. The summed E-state index contributed by atoms with van der Waals surface area (Å²) in [6.45, 7) is 2.50. The van der Waals surface area contributed by atoms with Gasteiger partial charge in [0, 0.05) is 12.1 Å². The highest BCUT2D eigenvalue weighted by molar-refractivity contribution is 7.99. The van der Waals surface area contributed by atoms with Crippen LogP contribution in [0.4, 0.5) is 0 Å². The van der Waals surface area contributed by atoms with Crippen molar-refractivity contribution in [2.24, 2.45) is 5.92 Å². The van der Waals surface area contributed by atoms with Crippen LogP contribution in [0.2, 0.25) is 0 Å². The first-order valence-corrected chi connectivity index (χ1v) is 8.42. The van der Waals surface area contributed by atoms with Gasteiger partial charge in [-0.25, -0.2) is 0 Å². The average molecular weight is 303 g/mol. The van der Waals surface area contributed by atoms with Crippen molar-refractivity contribution in [1.29, 1.82) is 0 Å². The van der Waals surface area contributed by atoms with Crippen LogP contribution < -0.4 is 5.32 Å². The van der Waals surface area contributed by atoms with Crippen LogP contribution in [0.5, 0.6) is 0 Å². The van der Waals surface area contributed by atoms with E-state index in [4.69, 9.17) is 5.11 Å². The topological polar surface area (TPSA) is 49.3 Å². The smallest absolute Gasteiger partial charge is 0.252 e. The molecule has 4 heteroatoms. The van der Waals surface area contributed by atoms with Crippen molar-refractivity contribution >= 4 is 17.7 Å². The Kier molecular flexibility index (Phi) is 6.16. The molecular formula is C17H21NO2S. The van der Waals surface area contributed by atoms with Gasteiger partial charge in [0.25, 0.3) is 5.91 Å². The highest BCUT2D eigenvalue weighted by atomic mass is 32.2. The molecule has 1 aliphatic rings. The van der Waals surface area contributed by atoms with Crippen molar-refractivity contribution in [3.8, 4) is 11.8 Å². The first kappa shape index (κ1) is 15.9. The Hall–Kier alpha value is -1.44. The number of carbonyl (C=O) groups excluding carboxylic acids is 1. The molecule has 1 fully saturated rings. The fourth-order valence-electron chi connectivity index (χ4n) is 2.38. The Morgan fingerprint density at radius 2 is 2.19 bits per heavy atom. The minimum absolute atomic E-state index is 0.0736. The third-order valence-corrected chi connectivity index (χ3v) is 4.66. The second-order valence-electron chi connectivity index (χ2n) is 5.27. The first-order valence-electron chi connectivity index (χ1n) is 7.27. The summed E-state index contributed by atoms with van der Waals surface area (Å²) in [5.41, 5.74) is 2.32. The molecule has 1 aromatic rings. The monoisotopic (exact) mass is 303 g/mol. The van der Waals surface area contributed by atoms with Gasteiger partial charge in [-0.15, -0.1) is 0 Å². The Balaban J connectivity index is 2.03. The van der Waals surface area contributed by atoms with Crippen LogP contribution in [0, 0.1) is 24.7 Å². The number of amides is 1. The van der Waals surface area contributed by atoms with E-state index in [1.54, 1.807) is 0 Å². The van der Waals surface area contributed by atoms with E-state index in [0.29, 0.717) is 17.0 Å². The number of nitrogens with one attached hydrogen (secondary N) is 1. The van der Waals surface area contributed by atoms with E-state index in [1.165, 1.54) is 24.3 Å². The van der Waals surface area contributed by atoms with Gasteiger partial charge in [-0.3, -0.25) is 4.79 Å². The summed E-state index contributed by atoms with van der Waals surface area (Å²) in [4.78, 5) is 12.3. The van der Waals surface area contributed by atoms with Crippen molar-refractivity contribution in [2.45, 2.75) is 19.8 Å². The molecule has 3 nitrogen and oxygen atoms in total. The first-order chi connectivity index (χ1) is 10.2. The van der Waals surface area contributed by atoms with E-state index >= 15 is 0 Å². The lowest BCUT2D eigenvalue weighted by Crippen LogP contribution is -2.31. The number of carbonyl (C=O) groups is 1. The number of hydrogen-bond acceptors (Lipinski definition) is 3. The van der Waals surface area contributed by atoms with E-state index in [9.17, 15) is 4.79 Å². The zero-order valence-electron chi connectivity index (χ0n) is 12.3. The molecule has 0 aromatic heterocycles. The van der Waals surface area contributed by atoms with Gasteiger partial charge in [0.05, 0.1) is 5.56 Å². The maximum atomic E-state index is 12.3. The molecule has 1 heterocycles. The van der Waals surface area contributed by atoms with Gasteiger partial charge in [-0.1, -0.05) is 17.9 Å². The molecule has 1 amide bonds. The minimum Gasteiger partial charge on any atom is -0.384 e. The van der Waals surface area contributed by atoms with E-state index in [0.717, 1.165) is 12.1 Å². The van der Waals surface area contributed by atoms with Crippen LogP contribution in [0.3, 0.4) is 0 Å². The minimum atomic E-state index is -0.200. The standard InChI is InChI=1S/C17H21NO2S/c1-13-4-5-16(15(11-13)3-2-8-19)17(20)18-12-14-6-9-21-10-7-14/h4-5,11,14,19H,6-10,12H2,1H3,(H,18,20). The zero-order valence-corrected chi connectivity index (χ0v) is 13.1. The maximum absolute atomic E-state index is 12.3.